The molecule has 0 radical (unpaired) electrons. The summed E-state index contributed by atoms with van der Waals surface area (Å²) in [4.78, 5) is 0. The minimum atomic E-state index is 0.191. The normalized spacial score (nSPS) is 12.6. The van der Waals surface area contributed by atoms with Crippen LogP contribution in [0.5, 0.6) is 0 Å². The molecule has 1 heterocycles. The van der Waals surface area contributed by atoms with E-state index in [1.165, 1.54) is 16.8 Å². The quantitative estimate of drug-likeness (QED) is 0.894. The van der Waals surface area contributed by atoms with Gasteiger partial charge < -0.3 is 5.73 Å². The van der Waals surface area contributed by atoms with Crippen molar-refractivity contribution in [2.45, 2.75) is 39.2 Å². The topological polar surface area (TPSA) is 43.8 Å². The van der Waals surface area contributed by atoms with Gasteiger partial charge in [-0.3, -0.25) is 4.68 Å². The Morgan fingerprint density at radius 1 is 1.21 bits per heavy atom. The molecule has 1 unspecified atom stereocenters. The summed E-state index contributed by atoms with van der Waals surface area (Å²) in [6, 6.07) is 11.0. The van der Waals surface area contributed by atoms with Gasteiger partial charge in [0.05, 0.1) is 5.69 Å². The number of nitrogens with two attached hydrogens (primary N) is 1. The van der Waals surface area contributed by atoms with Gasteiger partial charge in [0, 0.05) is 25.2 Å². The first kappa shape index (κ1) is 13.8. The third-order valence-electron chi connectivity index (χ3n) is 3.49. The van der Waals surface area contributed by atoms with Crippen molar-refractivity contribution in [3.63, 3.8) is 0 Å². The van der Waals surface area contributed by atoms with E-state index in [9.17, 15) is 0 Å². The number of nitrogens with zero attached hydrogens (tertiary/aromatic N) is 2. The van der Waals surface area contributed by atoms with Crippen molar-refractivity contribution in [1.29, 1.82) is 0 Å². The minimum absolute atomic E-state index is 0.191. The molecule has 0 saturated carbocycles. The molecule has 102 valence electrons. The van der Waals surface area contributed by atoms with E-state index >= 15 is 0 Å². The SMILES string of the molecule is Cc1ccc(CCC(N)Cc2cc(C)nn2C)cc1. The fourth-order valence-corrected chi connectivity index (χ4v) is 2.33. The Morgan fingerprint density at radius 2 is 1.89 bits per heavy atom. The molecule has 0 amide bonds. The van der Waals surface area contributed by atoms with Gasteiger partial charge in [0.15, 0.2) is 0 Å². The summed E-state index contributed by atoms with van der Waals surface area (Å²) in [7, 11) is 1.98. The van der Waals surface area contributed by atoms with Gasteiger partial charge in [-0.05, 0) is 38.3 Å². The van der Waals surface area contributed by atoms with Crippen molar-refractivity contribution in [1.82, 2.24) is 9.78 Å². The standard InChI is InChI=1S/C16H23N3/c1-12-4-6-14(7-5-12)8-9-15(17)11-16-10-13(2)18-19(16)3/h4-7,10,15H,8-9,11,17H2,1-3H3. The highest BCUT2D eigenvalue weighted by molar-refractivity contribution is 5.21. The van der Waals surface area contributed by atoms with Gasteiger partial charge in [0.1, 0.15) is 0 Å². The fourth-order valence-electron chi connectivity index (χ4n) is 2.33. The van der Waals surface area contributed by atoms with Crippen molar-refractivity contribution in [2.24, 2.45) is 12.8 Å². The molecule has 19 heavy (non-hydrogen) atoms. The van der Waals surface area contributed by atoms with Crippen molar-refractivity contribution in [2.75, 3.05) is 0 Å². The summed E-state index contributed by atoms with van der Waals surface area (Å²) < 4.78 is 1.93. The second-order valence-corrected chi connectivity index (χ2v) is 5.39. The summed E-state index contributed by atoms with van der Waals surface area (Å²) >= 11 is 0. The van der Waals surface area contributed by atoms with Crippen LogP contribution in [0.3, 0.4) is 0 Å². The van der Waals surface area contributed by atoms with E-state index in [1.807, 2.05) is 18.7 Å². The molecule has 0 fully saturated rings. The summed E-state index contributed by atoms with van der Waals surface area (Å²) in [5, 5.41) is 4.35. The molecule has 2 rings (SSSR count). The van der Waals surface area contributed by atoms with Crippen molar-refractivity contribution >= 4 is 0 Å². The lowest BCUT2D eigenvalue weighted by molar-refractivity contribution is 0.578. The molecule has 1 atom stereocenters. The Bertz CT molecular complexity index is 525. The molecule has 0 bridgehead atoms. The van der Waals surface area contributed by atoms with Crippen LogP contribution in [0.15, 0.2) is 30.3 Å². The number of rotatable bonds is 5. The molecule has 1 aromatic heterocycles. The van der Waals surface area contributed by atoms with Gasteiger partial charge >= 0.3 is 0 Å². The monoisotopic (exact) mass is 257 g/mol. The van der Waals surface area contributed by atoms with Crippen LogP contribution >= 0.6 is 0 Å². The maximum atomic E-state index is 6.22. The van der Waals surface area contributed by atoms with E-state index in [4.69, 9.17) is 5.73 Å². The smallest absolute Gasteiger partial charge is 0.0596 e. The lowest BCUT2D eigenvalue weighted by Crippen LogP contribution is -2.24. The summed E-state index contributed by atoms with van der Waals surface area (Å²) in [5.74, 6) is 0. The van der Waals surface area contributed by atoms with E-state index in [2.05, 4.69) is 42.4 Å². The van der Waals surface area contributed by atoms with E-state index in [0.29, 0.717) is 0 Å². The third kappa shape index (κ3) is 3.93. The largest absolute Gasteiger partial charge is 0.327 e. The molecule has 0 spiro atoms. The lowest BCUT2D eigenvalue weighted by atomic mass is 10.0. The van der Waals surface area contributed by atoms with E-state index in [1.54, 1.807) is 0 Å². The summed E-state index contributed by atoms with van der Waals surface area (Å²) in [5.41, 5.74) is 11.2. The molecule has 0 aliphatic rings. The van der Waals surface area contributed by atoms with E-state index in [0.717, 1.165) is 25.0 Å². The molecule has 2 aromatic rings. The molecule has 3 heteroatoms. The molecule has 3 nitrogen and oxygen atoms in total. The van der Waals surface area contributed by atoms with Crippen molar-refractivity contribution in [3.05, 3.63) is 52.8 Å². The minimum Gasteiger partial charge on any atom is -0.327 e. The summed E-state index contributed by atoms with van der Waals surface area (Å²) in [6.07, 6.45) is 2.94. The van der Waals surface area contributed by atoms with Crippen LogP contribution in [0, 0.1) is 13.8 Å². The highest BCUT2D eigenvalue weighted by atomic mass is 15.3. The average molecular weight is 257 g/mol. The predicted molar refractivity (Wildman–Crippen MR) is 79.1 cm³/mol. The molecular weight excluding hydrogens is 234 g/mol. The molecule has 0 aliphatic carbocycles. The van der Waals surface area contributed by atoms with Crippen LogP contribution in [-0.4, -0.2) is 15.8 Å². The highest BCUT2D eigenvalue weighted by Crippen LogP contribution is 2.10. The maximum absolute atomic E-state index is 6.22. The van der Waals surface area contributed by atoms with Gasteiger partial charge in [-0.2, -0.15) is 5.10 Å². The van der Waals surface area contributed by atoms with Crippen LogP contribution in [-0.2, 0) is 19.9 Å². The Balaban J connectivity index is 1.86. The maximum Gasteiger partial charge on any atom is 0.0596 e. The number of hydrogen-bond donors (Lipinski definition) is 1. The zero-order valence-corrected chi connectivity index (χ0v) is 12.1. The van der Waals surface area contributed by atoms with Gasteiger partial charge in [0.25, 0.3) is 0 Å². The van der Waals surface area contributed by atoms with Crippen molar-refractivity contribution in [3.8, 4) is 0 Å². The van der Waals surface area contributed by atoms with Gasteiger partial charge in [-0.1, -0.05) is 29.8 Å². The Kier molecular flexibility index (Phi) is 4.38. The van der Waals surface area contributed by atoms with Crippen LogP contribution in [0.1, 0.15) is 28.9 Å². The molecule has 0 aliphatic heterocycles. The molecule has 2 N–H and O–H groups in total. The first-order valence-electron chi connectivity index (χ1n) is 6.85. The van der Waals surface area contributed by atoms with Crippen LogP contribution in [0.25, 0.3) is 0 Å². The number of hydrogen-bond acceptors (Lipinski definition) is 2. The number of aryl methyl sites for hydroxylation is 4. The molecule has 0 saturated heterocycles. The van der Waals surface area contributed by atoms with E-state index < -0.39 is 0 Å². The van der Waals surface area contributed by atoms with E-state index in [-0.39, 0.29) is 6.04 Å². The van der Waals surface area contributed by atoms with Crippen LogP contribution in [0.4, 0.5) is 0 Å². The van der Waals surface area contributed by atoms with Gasteiger partial charge in [0.2, 0.25) is 0 Å². The Labute approximate surface area is 115 Å². The second kappa shape index (κ2) is 6.02. The third-order valence-corrected chi connectivity index (χ3v) is 3.49. The Morgan fingerprint density at radius 3 is 2.47 bits per heavy atom. The molecule has 1 aromatic carbocycles. The number of aromatic nitrogens is 2. The fraction of sp³-hybridized carbons (Fsp3) is 0.438. The highest BCUT2D eigenvalue weighted by Gasteiger charge is 2.08. The molecular formula is C16H23N3. The van der Waals surface area contributed by atoms with Crippen LogP contribution in [0.2, 0.25) is 0 Å². The van der Waals surface area contributed by atoms with Gasteiger partial charge in [-0.25, -0.2) is 0 Å². The Hall–Kier alpha value is -1.61. The summed E-state index contributed by atoms with van der Waals surface area (Å²) in [6.45, 7) is 4.13. The van der Waals surface area contributed by atoms with Gasteiger partial charge in [-0.15, -0.1) is 0 Å². The number of benzene rings is 1. The average Bonchev–Trinajstić information content (AvgIpc) is 2.67. The van der Waals surface area contributed by atoms with Crippen molar-refractivity contribution < 1.29 is 0 Å². The lowest BCUT2D eigenvalue weighted by Gasteiger charge is -2.11. The first-order chi connectivity index (χ1) is 9.04. The second-order valence-electron chi connectivity index (χ2n) is 5.39. The zero-order valence-electron chi connectivity index (χ0n) is 12.1. The zero-order chi connectivity index (χ0) is 13.8. The predicted octanol–water partition coefficient (Wildman–Crippen LogP) is 2.54. The first-order valence-corrected chi connectivity index (χ1v) is 6.85. The van der Waals surface area contributed by atoms with Crippen LogP contribution < -0.4 is 5.73 Å².